The second kappa shape index (κ2) is 10.4. The van der Waals surface area contributed by atoms with Crippen molar-refractivity contribution < 1.29 is 9.59 Å². The number of carbonyl (C=O) groups excluding carboxylic acids is 2. The molecule has 1 atom stereocenters. The molecule has 2 saturated heterocycles. The molecule has 31 heavy (non-hydrogen) atoms. The van der Waals surface area contributed by atoms with Crippen molar-refractivity contribution in [1.29, 1.82) is 0 Å². The third kappa shape index (κ3) is 6.07. The first-order valence-electron chi connectivity index (χ1n) is 11.4. The summed E-state index contributed by atoms with van der Waals surface area (Å²) in [4.78, 5) is 29.5. The second-order valence-corrected chi connectivity index (χ2v) is 8.60. The largest absolute Gasteiger partial charge is 0.352 e. The lowest BCUT2D eigenvalue weighted by Gasteiger charge is -2.32. The number of amides is 3. The monoisotopic (exact) mass is 420 g/mol. The van der Waals surface area contributed by atoms with Crippen LogP contribution in [0.15, 0.2) is 54.6 Å². The fourth-order valence-electron chi connectivity index (χ4n) is 4.39. The van der Waals surface area contributed by atoms with Gasteiger partial charge in [-0.1, -0.05) is 42.5 Å². The molecule has 0 radical (unpaired) electrons. The van der Waals surface area contributed by atoms with Gasteiger partial charge in [0.05, 0.1) is 5.92 Å². The molecule has 0 spiro atoms. The van der Waals surface area contributed by atoms with Crippen LogP contribution in [0.2, 0.25) is 0 Å². The summed E-state index contributed by atoms with van der Waals surface area (Å²) in [5.41, 5.74) is 3.20. The van der Waals surface area contributed by atoms with Crippen LogP contribution >= 0.6 is 0 Å². The molecule has 0 aromatic heterocycles. The Morgan fingerprint density at radius 2 is 1.58 bits per heavy atom. The molecule has 2 aromatic rings. The third-order valence-corrected chi connectivity index (χ3v) is 6.20. The molecule has 0 aliphatic carbocycles. The Morgan fingerprint density at radius 1 is 0.871 bits per heavy atom. The molecule has 6 nitrogen and oxygen atoms in total. The molecule has 4 rings (SSSR count). The van der Waals surface area contributed by atoms with Crippen molar-refractivity contribution in [1.82, 2.24) is 15.1 Å². The minimum atomic E-state index is -0.162. The molecule has 3 amide bonds. The van der Waals surface area contributed by atoms with Crippen molar-refractivity contribution in [3.8, 4) is 0 Å². The molecule has 0 saturated carbocycles. The average Bonchev–Trinajstić information content (AvgIpc) is 3.32. The maximum atomic E-state index is 12.7. The number of hydrogen-bond acceptors (Lipinski definition) is 3. The summed E-state index contributed by atoms with van der Waals surface area (Å²) >= 11 is 0. The van der Waals surface area contributed by atoms with Crippen LogP contribution in [0, 0.1) is 5.92 Å². The number of para-hydroxylation sites is 1. The van der Waals surface area contributed by atoms with Crippen LogP contribution in [0.3, 0.4) is 0 Å². The molecular weight excluding hydrogens is 388 g/mol. The van der Waals surface area contributed by atoms with Crippen LogP contribution < -0.4 is 10.6 Å². The van der Waals surface area contributed by atoms with Gasteiger partial charge in [0.25, 0.3) is 0 Å². The van der Waals surface area contributed by atoms with Gasteiger partial charge in [-0.3, -0.25) is 9.69 Å². The first-order valence-corrected chi connectivity index (χ1v) is 11.4. The molecule has 2 aliphatic rings. The average molecular weight is 421 g/mol. The lowest BCUT2D eigenvalue weighted by molar-refractivity contribution is -0.126. The Balaban J connectivity index is 1.24. The highest BCUT2D eigenvalue weighted by Crippen LogP contribution is 2.19. The summed E-state index contributed by atoms with van der Waals surface area (Å²) in [5, 5.41) is 5.97. The Labute approximate surface area is 184 Å². The van der Waals surface area contributed by atoms with E-state index in [9.17, 15) is 9.59 Å². The lowest BCUT2D eigenvalue weighted by Crippen LogP contribution is -2.46. The minimum Gasteiger partial charge on any atom is -0.352 e. The molecule has 2 aliphatic heterocycles. The van der Waals surface area contributed by atoms with Gasteiger partial charge >= 0.3 is 6.03 Å². The van der Waals surface area contributed by atoms with E-state index < -0.39 is 0 Å². The van der Waals surface area contributed by atoms with Gasteiger partial charge in [-0.05, 0) is 62.0 Å². The summed E-state index contributed by atoms with van der Waals surface area (Å²) in [5.74, 6) is -0.136. The van der Waals surface area contributed by atoms with E-state index in [0.29, 0.717) is 19.6 Å². The van der Waals surface area contributed by atoms with E-state index in [1.54, 1.807) is 4.90 Å². The number of hydrogen-bond donors (Lipinski definition) is 2. The number of anilines is 1. The number of urea groups is 1. The van der Waals surface area contributed by atoms with Crippen LogP contribution in [0.4, 0.5) is 10.5 Å². The van der Waals surface area contributed by atoms with Crippen molar-refractivity contribution in [2.45, 2.75) is 38.8 Å². The van der Waals surface area contributed by atoms with Crippen LogP contribution in [-0.4, -0.2) is 47.9 Å². The number of nitrogens with one attached hydrogen (secondary N) is 2. The van der Waals surface area contributed by atoms with Gasteiger partial charge in [0.2, 0.25) is 5.91 Å². The normalized spacial score (nSPS) is 19.2. The Kier molecular flexibility index (Phi) is 7.20. The fraction of sp³-hybridized carbons (Fsp3) is 0.440. The highest BCUT2D eigenvalue weighted by Gasteiger charge is 2.28. The zero-order valence-corrected chi connectivity index (χ0v) is 18.1. The summed E-state index contributed by atoms with van der Waals surface area (Å²) in [7, 11) is 0. The molecule has 164 valence electrons. The van der Waals surface area contributed by atoms with Crippen molar-refractivity contribution in [2.24, 2.45) is 5.92 Å². The zero-order valence-electron chi connectivity index (χ0n) is 18.1. The lowest BCUT2D eigenvalue weighted by atomic mass is 9.97. The Bertz CT molecular complexity index is 863. The number of piperidine rings is 1. The molecule has 0 unspecified atom stereocenters. The van der Waals surface area contributed by atoms with Crippen molar-refractivity contribution in [2.75, 3.05) is 31.5 Å². The van der Waals surface area contributed by atoms with Gasteiger partial charge in [0.1, 0.15) is 0 Å². The predicted molar refractivity (Wildman–Crippen MR) is 123 cm³/mol. The standard InChI is InChI=1S/C25H32N4O2/c30-24(26-17-20-10-12-21(13-11-20)18-28-14-4-5-15-28)22-7-6-16-29(19-22)25(31)27-23-8-2-1-3-9-23/h1-3,8-13,22H,4-7,14-19H2,(H,26,30)(H,27,31)/t22-/m0/s1. The number of likely N-dealkylation sites (tertiary alicyclic amines) is 2. The SMILES string of the molecule is O=C(NCc1ccc(CN2CCCC2)cc1)[C@H]1CCCN(C(=O)Nc2ccccc2)C1. The van der Waals surface area contributed by atoms with E-state index in [0.717, 1.165) is 30.6 Å². The Hall–Kier alpha value is -2.86. The topological polar surface area (TPSA) is 64.7 Å². The van der Waals surface area contributed by atoms with Crippen LogP contribution in [-0.2, 0) is 17.9 Å². The maximum Gasteiger partial charge on any atom is 0.321 e. The highest BCUT2D eigenvalue weighted by molar-refractivity contribution is 5.90. The Morgan fingerprint density at radius 3 is 2.32 bits per heavy atom. The van der Waals surface area contributed by atoms with E-state index in [-0.39, 0.29) is 17.9 Å². The molecule has 2 fully saturated rings. The summed E-state index contributed by atoms with van der Waals surface area (Å²) in [6.45, 7) is 5.06. The quantitative estimate of drug-likeness (QED) is 0.746. The molecule has 2 aromatic carbocycles. The van der Waals surface area contributed by atoms with Crippen LogP contribution in [0.25, 0.3) is 0 Å². The molecule has 2 N–H and O–H groups in total. The van der Waals surface area contributed by atoms with E-state index in [1.807, 2.05) is 30.3 Å². The summed E-state index contributed by atoms with van der Waals surface area (Å²) in [6.07, 6.45) is 4.26. The van der Waals surface area contributed by atoms with Crippen LogP contribution in [0.5, 0.6) is 0 Å². The zero-order chi connectivity index (χ0) is 21.5. The van der Waals surface area contributed by atoms with Gasteiger partial charge < -0.3 is 15.5 Å². The van der Waals surface area contributed by atoms with E-state index in [2.05, 4.69) is 39.8 Å². The smallest absolute Gasteiger partial charge is 0.321 e. The number of carbonyl (C=O) groups is 2. The highest BCUT2D eigenvalue weighted by atomic mass is 16.2. The first kappa shape index (κ1) is 21.4. The van der Waals surface area contributed by atoms with Crippen LogP contribution in [0.1, 0.15) is 36.8 Å². The fourth-order valence-corrected chi connectivity index (χ4v) is 4.39. The first-order chi connectivity index (χ1) is 15.2. The van der Waals surface area contributed by atoms with Gasteiger partial charge in [-0.15, -0.1) is 0 Å². The molecule has 0 bridgehead atoms. The van der Waals surface area contributed by atoms with Crippen molar-refractivity contribution in [3.63, 3.8) is 0 Å². The molecular formula is C25H32N4O2. The minimum absolute atomic E-state index is 0.0263. The van der Waals surface area contributed by atoms with E-state index >= 15 is 0 Å². The van der Waals surface area contributed by atoms with Crippen molar-refractivity contribution >= 4 is 17.6 Å². The van der Waals surface area contributed by atoms with Gasteiger partial charge in [0, 0.05) is 31.9 Å². The number of benzene rings is 2. The number of nitrogens with zero attached hydrogens (tertiary/aromatic N) is 2. The third-order valence-electron chi connectivity index (χ3n) is 6.20. The summed E-state index contributed by atoms with van der Waals surface area (Å²) in [6, 6.07) is 17.8. The molecule has 2 heterocycles. The van der Waals surface area contributed by atoms with Gasteiger partial charge in [-0.2, -0.15) is 0 Å². The summed E-state index contributed by atoms with van der Waals surface area (Å²) < 4.78 is 0. The van der Waals surface area contributed by atoms with Gasteiger partial charge in [0.15, 0.2) is 0 Å². The predicted octanol–water partition coefficient (Wildman–Crippen LogP) is 3.84. The maximum absolute atomic E-state index is 12.7. The molecule has 6 heteroatoms. The second-order valence-electron chi connectivity index (χ2n) is 8.60. The van der Waals surface area contributed by atoms with E-state index in [4.69, 9.17) is 0 Å². The van der Waals surface area contributed by atoms with Crippen molar-refractivity contribution in [3.05, 3.63) is 65.7 Å². The number of rotatable bonds is 6. The van der Waals surface area contributed by atoms with Gasteiger partial charge in [-0.25, -0.2) is 4.79 Å². The van der Waals surface area contributed by atoms with E-state index in [1.165, 1.54) is 31.5 Å².